The Labute approximate surface area is 489 Å². The van der Waals surface area contributed by atoms with Gasteiger partial charge in [0.15, 0.2) is 0 Å². The zero-order chi connectivity index (χ0) is 54.6. The lowest BCUT2D eigenvalue weighted by molar-refractivity contribution is 0.930. The van der Waals surface area contributed by atoms with Gasteiger partial charge in [-0.1, -0.05) is 140 Å². The number of nitrogens with zero attached hydrogens (tertiary/aromatic N) is 4. The number of hydrogen-bond donors (Lipinski definition) is 0. The quantitative estimate of drug-likeness (QED) is 0.101. The van der Waals surface area contributed by atoms with Crippen LogP contribution in [-0.4, -0.2) is 0 Å². The maximum atomic E-state index is 2.45. The summed E-state index contributed by atoms with van der Waals surface area (Å²) in [5, 5.41) is 5.92. The van der Waals surface area contributed by atoms with Crippen LogP contribution in [0.2, 0.25) is 0 Å². The summed E-state index contributed by atoms with van der Waals surface area (Å²) in [6, 6.07) is 96.8. The number of anilines is 11. The second kappa shape index (κ2) is 22.8. The molecule has 0 spiro atoms. The number of rotatable bonds is 15. The molecular formula is C76H58N4S2. The van der Waals surface area contributed by atoms with Gasteiger partial charge in [0.2, 0.25) is 0 Å². The van der Waals surface area contributed by atoms with E-state index in [2.05, 4.69) is 322 Å². The van der Waals surface area contributed by atoms with Crippen molar-refractivity contribution in [1.29, 1.82) is 0 Å². The molecule has 14 rings (SSSR count). The third-order valence-electron chi connectivity index (χ3n) is 15.8. The van der Waals surface area contributed by atoms with Crippen LogP contribution in [0.3, 0.4) is 0 Å². The standard InChI is InChI=1S/C76H58N4S2/c1-5-17-59(18-6-1)77(60-19-7-2-8-20-60)67-45-49-69(50-46-67)79(65-41-33-57(34-42-65)73-53-81-75-27-15-13-25-71(73)75)63-37-29-55(30-38-63)56-31-39-64(40-32-56)80(66-43-35-58(36-44-66)74-54-82-76-28-16-14-26-72(74)76)70-51-47-68(48-52-70)78(61-21-9-3-10-22-61)62-23-11-4-12-24-62/h1-13,15-25,27-29,31-37,39-54H,14,26,30,38H2. The van der Waals surface area contributed by atoms with Gasteiger partial charge in [0.1, 0.15) is 0 Å². The van der Waals surface area contributed by atoms with Gasteiger partial charge in [0, 0.05) is 88.8 Å². The highest BCUT2D eigenvalue weighted by molar-refractivity contribution is 7.17. The van der Waals surface area contributed by atoms with Crippen LogP contribution in [-0.2, 0) is 6.42 Å². The fourth-order valence-electron chi connectivity index (χ4n) is 11.7. The summed E-state index contributed by atoms with van der Waals surface area (Å²) in [4.78, 5) is 10.9. The highest BCUT2D eigenvalue weighted by Gasteiger charge is 2.23. The first-order chi connectivity index (χ1) is 40.7. The van der Waals surface area contributed by atoms with Gasteiger partial charge in [-0.25, -0.2) is 0 Å². The average molecular weight is 1090 g/mol. The highest BCUT2D eigenvalue weighted by atomic mass is 32.1. The normalized spacial score (nSPS) is 12.8. The molecule has 12 aromatic rings. The third-order valence-corrected chi connectivity index (χ3v) is 17.8. The zero-order valence-electron chi connectivity index (χ0n) is 45.3. The van der Waals surface area contributed by atoms with Crippen molar-refractivity contribution in [3.63, 3.8) is 0 Å². The molecule has 0 saturated carbocycles. The third kappa shape index (κ3) is 10.2. The molecule has 0 radical (unpaired) electrons. The predicted molar refractivity (Wildman–Crippen MR) is 352 cm³/mol. The molecule has 6 heteroatoms. The smallest absolute Gasteiger partial charge is 0.0463 e. The molecule has 0 saturated heterocycles. The number of fused-ring (bicyclic) bond motifs is 2. The minimum absolute atomic E-state index is 0.879. The van der Waals surface area contributed by atoms with Gasteiger partial charge in [0.05, 0.1) is 0 Å². The number of para-hydroxylation sites is 4. The molecular weight excluding hydrogens is 1030 g/mol. The number of benzene rings is 10. The Balaban J connectivity index is 0.795. The second-order valence-electron chi connectivity index (χ2n) is 20.8. The Morgan fingerprint density at radius 3 is 1.12 bits per heavy atom. The summed E-state index contributed by atoms with van der Waals surface area (Å²) in [5.74, 6) is 0. The molecule has 2 heterocycles. The van der Waals surface area contributed by atoms with Crippen LogP contribution in [0.5, 0.6) is 0 Å². The van der Waals surface area contributed by atoms with Crippen molar-refractivity contribution in [2.24, 2.45) is 0 Å². The molecule has 82 heavy (non-hydrogen) atoms. The summed E-state index contributed by atoms with van der Waals surface area (Å²) in [6.45, 7) is 0. The minimum atomic E-state index is 0.879. The number of allylic oxidation sites excluding steroid dienone is 5. The Morgan fingerprint density at radius 1 is 0.293 bits per heavy atom. The molecule has 2 aliphatic rings. The van der Waals surface area contributed by atoms with E-state index >= 15 is 0 Å². The summed E-state index contributed by atoms with van der Waals surface area (Å²) in [7, 11) is 0. The topological polar surface area (TPSA) is 13.0 Å². The van der Waals surface area contributed by atoms with Gasteiger partial charge in [-0.15, -0.1) is 22.7 Å². The molecule has 0 bridgehead atoms. The second-order valence-corrected chi connectivity index (χ2v) is 22.6. The van der Waals surface area contributed by atoms with Gasteiger partial charge < -0.3 is 19.6 Å². The lowest BCUT2D eigenvalue weighted by atomic mass is 9.94. The Bertz CT molecular complexity index is 4140. The van der Waals surface area contributed by atoms with E-state index in [-0.39, 0.29) is 0 Å². The summed E-state index contributed by atoms with van der Waals surface area (Å²) < 4.78 is 1.31. The van der Waals surface area contributed by atoms with Crippen molar-refractivity contribution in [1.82, 2.24) is 0 Å². The van der Waals surface area contributed by atoms with E-state index in [1.807, 2.05) is 11.3 Å². The molecule has 0 amide bonds. The molecule has 394 valence electrons. The molecule has 0 unspecified atom stereocenters. The molecule has 2 aromatic heterocycles. The molecule has 10 aromatic carbocycles. The molecule has 0 fully saturated rings. The van der Waals surface area contributed by atoms with Gasteiger partial charge in [0.25, 0.3) is 0 Å². The molecule has 2 aliphatic carbocycles. The fourth-order valence-corrected chi connectivity index (χ4v) is 13.8. The molecule has 0 atom stereocenters. The van der Waals surface area contributed by atoms with E-state index in [0.29, 0.717) is 0 Å². The lowest BCUT2D eigenvalue weighted by Crippen LogP contribution is -2.18. The fraction of sp³-hybridized carbons (Fsp3) is 0.0526. The van der Waals surface area contributed by atoms with E-state index in [1.54, 1.807) is 11.3 Å². The Hall–Kier alpha value is -9.72. The summed E-state index contributed by atoms with van der Waals surface area (Å²) >= 11 is 3.66. The van der Waals surface area contributed by atoms with Crippen molar-refractivity contribution < 1.29 is 0 Å². The largest absolute Gasteiger partial charge is 0.314 e. The Kier molecular flexibility index (Phi) is 14.0. The van der Waals surface area contributed by atoms with Crippen LogP contribution in [0.15, 0.2) is 302 Å². The predicted octanol–water partition coefficient (Wildman–Crippen LogP) is 22.6. The monoisotopic (exact) mass is 1090 g/mol. The molecule has 0 aliphatic heterocycles. The Morgan fingerprint density at radius 2 is 0.671 bits per heavy atom. The van der Waals surface area contributed by atoms with E-state index in [0.717, 1.165) is 88.2 Å². The van der Waals surface area contributed by atoms with Crippen molar-refractivity contribution >= 4 is 107 Å². The van der Waals surface area contributed by atoms with Gasteiger partial charge >= 0.3 is 0 Å². The minimum Gasteiger partial charge on any atom is -0.314 e. The van der Waals surface area contributed by atoms with Crippen LogP contribution >= 0.6 is 22.7 Å². The van der Waals surface area contributed by atoms with Crippen molar-refractivity contribution in [2.75, 3.05) is 19.6 Å². The lowest BCUT2D eigenvalue weighted by Gasteiger charge is -2.31. The zero-order valence-corrected chi connectivity index (χ0v) is 46.9. The van der Waals surface area contributed by atoms with Crippen molar-refractivity contribution in [3.8, 4) is 22.3 Å². The van der Waals surface area contributed by atoms with E-state index in [1.165, 1.54) is 59.6 Å². The first-order valence-electron chi connectivity index (χ1n) is 28.2. The number of thiophene rings is 2. The van der Waals surface area contributed by atoms with Crippen LogP contribution in [0.1, 0.15) is 35.3 Å². The van der Waals surface area contributed by atoms with Crippen molar-refractivity contribution in [2.45, 2.75) is 25.7 Å². The van der Waals surface area contributed by atoms with Crippen molar-refractivity contribution in [3.05, 3.63) is 318 Å². The van der Waals surface area contributed by atoms with Crippen LogP contribution in [0.4, 0.5) is 62.6 Å². The first-order valence-corrected chi connectivity index (χ1v) is 30.0. The van der Waals surface area contributed by atoms with Gasteiger partial charge in [-0.3, -0.25) is 0 Å². The van der Waals surface area contributed by atoms with Crippen LogP contribution < -0.4 is 19.6 Å². The molecule has 0 N–H and O–H groups in total. The average Bonchev–Trinajstić information content (AvgIpc) is 4.27. The first kappa shape index (κ1) is 50.5. The van der Waals surface area contributed by atoms with E-state index < -0.39 is 0 Å². The van der Waals surface area contributed by atoms with Gasteiger partial charge in [-0.2, -0.15) is 0 Å². The van der Waals surface area contributed by atoms with Gasteiger partial charge in [-0.05, 0) is 222 Å². The van der Waals surface area contributed by atoms with E-state index in [4.69, 9.17) is 0 Å². The SMILES string of the molecule is C1=Cc2scc(-c3ccc(N(c4ccc(C5=CC=C(N(c6ccc(-c7csc8ccccc78)cc6)c6ccc(N(c7ccccc7)c7ccccc7)cc6)CC5)cc4)c4ccc(N(c5ccccc5)c5ccccc5)cc4)cc3)c2CC1. The van der Waals surface area contributed by atoms with E-state index in [9.17, 15) is 0 Å². The maximum Gasteiger partial charge on any atom is 0.0463 e. The maximum absolute atomic E-state index is 2.45. The molecule has 4 nitrogen and oxygen atoms in total. The van der Waals surface area contributed by atoms with Crippen LogP contribution in [0.25, 0.3) is 44.0 Å². The van der Waals surface area contributed by atoms with Crippen LogP contribution in [0, 0.1) is 0 Å². The summed E-state index contributed by atoms with van der Waals surface area (Å²) in [6.07, 6.45) is 13.2. The number of hydrogen-bond acceptors (Lipinski definition) is 6. The highest BCUT2D eigenvalue weighted by Crippen LogP contribution is 2.45. The summed E-state index contributed by atoms with van der Waals surface area (Å²) in [5.41, 5.74) is 22.6.